The van der Waals surface area contributed by atoms with Gasteiger partial charge in [-0.2, -0.15) is 0 Å². The van der Waals surface area contributed by atoms with Crippen LogP contribution in [-0.2, 0) is 11.3 Å². The van der Waals surface area contributed by atoms with Crippen molar-refractivity contribution in [1.29, 1.82) is 0 Å². The summed E-state index contributed by atoms with van der Waals surface area (Å²) in [4.78, 5) is 24.8. The van der Waals surface area contributed by atoms with E-state index in [2.05, 4.69) is 23.6 Å². The van der Waals surface area contributed by atoms with Crippen molar-refractivity contribution < 1.29 is 9.59 Å². The third-order valence-electron chi connectivity index (χ3n) is 3.81. The Labute approximate surface area is 139 Å². The number of fused-ring (bicyclic) bond motifs is 1. The summed E-state index contributed by atoms with van der Waals surface area (Å²) in [7, 11) is 0. The Morgan fingerprint density at radius 2 is 2.04 bits per heavy atom. The van der Waals surface area contributed by atoms with E-state index in [1.807, 2.05) is 25.1 Å². The summed E-state index contributed by atoms with van der Waals surface area (Å²) in [5.74, 6) is 0.249. The number of rotatable bonds is 3. The maximum absolute atomic E-state index is 12.3. The number of anilines is 1. The lowest BCUT2D eigenvalue weighted by molar-refractivity contribution is -0.113. The Morgan fingerprint density at radius 1 is 1.22 bits per heavy atom. The highest BCUT2D eigenvalue weighted by molar-refractivity contribution is 8.00. The third kappa shape index (κ3) is 3.56. The molecule has 3 rings (SSSR count). The van der Waals surface area contributed by atoms with Crippen LogP contribution < -0.4 is 10.6 Å². The Bertz CT molecular complexity index is 787. The molecule has 23 heavy (non-hydrogen) atoms. The molecule has 0 fully saturated rings. The quantitative estimate of drug-likeness (QED) is 0.910. The number of carbonyl (C=O) groups is 2. The molecule has 2 amide bonds. The minimum atomic E-state index is -0.141. The van der Waals surface area contributed by atoms with E-state index < -0.39 is 0 Å². The van der Waals surface area contributed by atoms with Gasteiger partial charge in [0.2, 0.25) is 5.91 Å². The van der Waals surface area contributed by atoms with E-state index in [0.29, 0.717) is 23.5 Å². The zero-order chi connectivity index (χ0) is 16.4. The van der Waals surface area contributed by atoms with Crippen molar-refractivity contribution in [2.45, 2.75) is 25.3 Å². The lowest BCUT2D eigenvalue weighted by Gasteiger charge is -2.17. The lowest BCUT2D eigenvalue weighted by atomic mass is 10.1. The number of thioether (sulfide) groups is 1. The summed E-state index contributed by atoms with van der Waals surface area (Å²) in [6, 6.07) is 11.6. The molecule has 0 atom stereocenters. The molecule has 1 aliphatic heterocycles. The van der Waals surface area contributed by atoms with Crippen LogP contribution >= 0.6 is 11.8 Å². The highest BCUT2D eigenvalue weighted by atomic mass is 32.2. The van der Waals surface area contributed by atoms with Gasteiger partial charge in [0, 0.05) is 17.0 Å². The Hall–Kier alpha value is -2.27. The van der Waals surface area contributed by atoms with Crippen LogP contribution in [0.2, 0.25) is 0 Å². The van der Waals surface area contributed by atoms with E-state index in [4.69, 9.17) is 0 Å². The zero-order valence-corrected chi connectivity index (χ0v) is 13.9. The largest absolute Gasteiger partial charge is 0.348 e. The van der Waals surface area contributed by atoms with Crippen molar-refractivity contribution in [3.8, 4) is 0 Å². The van der Waals surface area contributed by atoms with E-state index in [0.717, 1.165) is 10.5 Å². The maximum Gasteiger partial charge on any atom is 0.251 e. The molecule has 4 nitrogen and oxygen atoms in total. The fourth-order valence-corrected chi connectivity index (χ4v) is 3.33. The minimum Gasteiger partial charge on any atom is -0.348 e. The molecule has 118 valence electrons. The first-order valence-corrected chi connectivity index (χ1v) is 8.42. The molecule has 0 bridgehead atoms. The molecule has 0 aliphatic carbocycles. The molecule has 0 saturated carbocycles. The van der Waals surface area contributed by atoms with Gasteiger partial charge in [-0.3, -0.25) is 9.59 Å². The Balaban J connectivity index is 1.71. The van der Waals surface area contributed by atoms with Crippen LogP contribution in [0.4, 0.5) is 5.69 Å². The Kier molecular flexibility index (Phi) is 4.39. The monoisotopic (exact) mass is 326 g/mol. The van der Waals surface area contributed by atoms with Crippen molar-refractivity contribution in [3.63, 3.8) is 0 Å². The highest BCUT2D eigenvalue weighted by Gasteiger charge is 2.17. The van der Waals surface area contributed by atoms with E-state index in [-0.39, 0.29) is 11.8 Å². The fraction of sp³-hybridized carbons (Fsp3) is 0.222. The van der Waals surface area contributed by atoms with Gasteiger partial charge >= 0.3 is 0 Å². The van der Waals surface area contributed by atoms with E-state index in [1.54, 1.807) is 12.1 Å². The summed E-state index contributed by atoms with van der Waals surface area (Å²) in [6.07, 6.45) is 0. The van der Waals surface area contributed by atoms with Crippen LogP contribution in [0.25, 0.3) is 0 Å². The number of hydrogen-bond acceptors (Lipinski definition) is 3. The minimum absolute atomic E-state index is 0.0321. The van der Waals surface area contributed by atoms with Gasteiger partial charge < -0.3 is 10.6 Å². The number of hydrogen-bond donors (Lipinski definition) is 2. The van der Waals surface area contributed by atoms with Crippen molar-refractivity contribution in [2.75, 3.05) is 11.1 Å². The van der Waals surface area contributed by atoms with Gasteiger partial charge in [-0.1, -0.05) is 23.8 Å². The number of aryl methyl sites for hydroxylation is 2. The van der Waals surface area contributed by atoms with E-state index >= 15 is 0 Å². The van der Waals surface area contributed by atoms with E-state index in [1.165, 1.54) is 22.9 Å². The third-order valence-corrected chi connectivity index (χ3v) is 4.89. The van der Waals surface area contributed by atoms with Crippen molar-refractivity contribution in [3.05, 3.63) is 58.7 Å². The summed E-state index contributed by atoms with van der Waals surface area (Å²) in [5, 5.41) is 5.74. The van der Waals surface area contributed by atoms with Crippen molar-refractivity contribution in [1.82, 2.24) is 5.32 Å². The average molecular weight is 326 g/mol. The highest BCUT2D eigenvalue weighted by Crippen LogP contribution is 2.31. The van der Waals surface area contributed by atoms with Crippen LogP contribution in [0, 0.1) is 13.8 Å². The van der Waals surface area contributed by atoms with Gasteiger partial charge in [-0.15, -0.1) is 11.8 Å². The molecule has 0 radical (unpaired) electrons. The maximum atomic E-state index is 12.3. The second-order valence-corrected chi connectivity index (χ2v) is 6.68. The van der Waals surface area contributed by atoms with E-state index in [9.17, 15) is 9.59 Å². The molecular weight excluding hydrogens is 308 g/mol. The van der Waals surface area contributed by atoms with Crippen molar-refractivity contribution in [2.24, 2.45) is 0 Å². The average Bonchev–Trinajstić information content (AvgIpc) is 2.53. The summed E-state index contributed by atoms with van der Waals surface area (Å²) >= 11 is 1.49. The molecule has 0 unspecified atom stereocenters. The predicted molar refractivity (Wildman–Crippen MR) is 92.9 cm³/mol. The SMILES string of the molecule is Cc1ccc(CNC(=O)c2ccc3c(c2)NC(=O)CS3)c(C)c1. The standard InChI is InChI=1S/C18H18N2O2S/c1-11-3-4-14(12(2)7-11)9-19-18(22)13-5-6-16-15(8-13)20-17(21)10-23-16/h3-8H,9-10H2,1-2H3,(H,19,22)(H,20,21). The molecule has 0 saturated heterocycles. The number of amides is 2. The summed E-state index contributed by atoms with van der Waals surface area (Å²) < 4.78 is 0. The van der Waals surface area contributed by atoms with Crippen LogP contribution in [0.5, 0.6) is 0 Å². The predicted octanol–water partition coefficient (Wildman–Crippen LogP) is 3.28. The van der Waals surface area contributed by atoms with Crippen LogP contribution in [0.3, 0.4) is 0 Å². The summed E-state index contributed by atoms with van der Waals surface area (Å²) in [6.45, 7) is 4.58. The van der Waals surface area contributed by atoms with Gasteiger partial charge in [0.1, 0.15) is 0 Å². The van der Waals surface area contributed by atoms with Crippen molar-refractivity contribution >= 4 is 29.3 Å². The van der Waals surface area contributed by atoms with Gasteiger partial charge in [-0.05, 0) is 43.2 Å². The smallest absolute Gasteiger partial charge is 0.251 e. The van der Waals surface area contributed by atoms with Crippen LogP contribution in [-0.4, -0.2) is 17.6 Å². The lowest BCUT2D eigenvalue weighted by Crippen LogP contribution is -2.24. The zero-order valence-electron chi connectivity index (χ0n) is 13.1. The molecule has 0 spiro atoms. The van der Waals surface area contributed by atoms with Gasteiger partial charge in [-0.25, -0.2) is 0 Å². The first-order valence-electron chi connectivity index (χ1n) is 7.44. The molecule has 2 N–H and O–H groups in total. The summed E-state index contributed by atoms with van der Waals surface area (Å²) in [5.41, 5.74) is 4.74. The van der Waals surface area contributed by atoms with Crippen LogP contribution in [0.15, 0.2) is 41.3 Å². The van der Waals surface area contributed by atoms with Gasteiger partial charge in [0.15, 0.2) is 0 Å². The molecule has 5 heteroatoms. The first-order chi connectivity index (χ1) is 11.0. The number of carbonyl (C=O) groups excluding carboxylic acids is 2. The molecule has 2 aromatic rings. The second-order valence-electron chi connectivity index (χ2n) is 5.66. The van der Waals surface area contributed by atoms with Crippen LogP contribution in [0.1, 0.15) is 27.0 Å². The van der Waals surface area contributed by atoms with Gasteiger partial charge in [0.05, 0.1) is 11.4 Å². The topological polar surface area (TPSA) is 58.2 Å². The normalized spacial score (nSPS) is 13.2. The number of nitrogens with one attached hydrogen (secondary N) is 2. The first kappa shape index (κ1) is 15.6. The Morgan fingerprint density at radius 3 is 2.83 bits per heavy atom. The molecule has 2 aromatic carbocycles. The molecular formula is C18H18N2O2S. The number of benzene rings is 2. The van der Waals surface area contributed by atoms with Gasteiger partial charge in [0.25, 0.3) is 5.91 Å². The molecule has 1 aliphatic rings. The molecule has 0 aromatic heterocycles. The fourth-order valence-electron chi connectivity index (χ4n) is 2.55. The second kappa shape index (κ2) is 6.46. The molecule has 1 heterocycles.